The predicted molar refractivity (Wildman–Crippen MR) is 147 cm³/mol. The molecule has 7 heteroatoms. The van der Waals surface area contributed by atoms with Crippen molar-refractivity contribution in [2.45, 2.75) is 34.1 Å². The van der Waals surface area contributed by atoms with E-state index in [1.165, 1.54) is 5.56 Å². The van der Waals surface area contributed by atoms with E-state index in [0.29, 0.717) is 5.69 Å². The Hall–Kier alpha value is -3.84. The maximum absolute atomic E-state index is 6.04. The van der Waals surface area contributed by atoms with Crippen molar-refractivity contribution in [1.29, 1.82) is 0 Å². The smallest absolute Gasteiger partial charge is 0.140 e. The Kier molecular flexibility index (Phi) is 6.84. The summed E-state index contributed by atoms with van der Waals surface area (Å²) in [6.45, 7) is 12.3. The Labute approximate surface area is 204 Å². The van der Waals surface area contributed by atoms with Crippen LogP contribution in [-0.2, 0) is 6.42 Å². The number of thiophene rings is 1. The lowest BCUT2D eigenvalue weighted by Gasteiger charge is -2.12. The predicted octanol–water partition coefficient (Wildman–Crippen LogP) is 6.63. The highest BCUT2D eigenvalue weighted by Gasteiger charge is 2.15. The summed E-state index contributed by atoms with van der Waals surface area (Å²) >= 11 is 1.57. The number of hydrogen-bond donors (Lipinski definition) is 3. The second-order valence-electron chi connectivity index (χ2n) is 7.98. The number of aromatic nitrogens is 2. The Morgan fingerprint density at radius 3 is 2.74 bits per heavy atom. The molecule has 0 bridgehead atoms. The zero-order valence-electron chi connectivity index (χ0n) is 20.0. The summed E-state index contributed by atoms with van der Waals surface area (Å²) in [7, 11) is 0. The first kappa shape index (κ1) is 23.3. The van der Waals surface area contributed by atoms with Gasteiger partial charge in [0.05, 0.1) is 33.3 Å². The first-order valence-corrected chi connectivity index (χ1v) is 12.1. The number of para-hydroxylation sites is 2. The Balaban J connectivity index is 1.53. The van der Waals surface area contributed by atoms with Crippen molar-refractivity contribution in [3.05, 3.63) is 89.2 Å². The molecule has 174 valence electrons. The summed E-state index contributed by atoms with van der Waals surface area (Å²) in [5.41, 5.74) is 13.6. The average Bonchev–Trinajstić information content (AvgIpc) is 3.42. The molecular formula is C27H30N6S. The minimum atomic E-state index is 0.686. The number of fused-ring (bicyclic) bond motifs is 1. The number of nitrogen functional groups attached to an aromatic ring is 1. The van der Waals surface area contributed by atoms with Gasteiger partial charge < -0.3 is 16.4 Å². The molecule has 0 saturated heterocycles. The van der Waals surface area contributed by atoms with Crippen molar-refractivity contribution in [3.8, 4) is 0 Å². The van der Waals surface area contributed by atoms with E-state index < -0.39 is 0 Å². The van der Waals surface area contributed by atoms with Crippen LogP contribution in [0, 0.1) is 6.92 Å². The molecule has 3 aromatic heterocycles. The molecule has 4 N–H and O–H groups in total. The number of rotatable bonds is 7. The van der Waals surface area contributed by atoms with Crippen LogP contribution in [0.4, 0.5) is 16.4 Å². The molecule has 0 amide bonds. The second-order valence-corrected chi connectivity index (χ2v) is 9.04. The van der Waals surface area contributed by atoms with Crippen molar-refractivity contribution in [2.24, 2.45) is 4.99 Å². The minimum absolute atomic E-state index is 0.686. The molecule has 4 rings (SSSR count). The van der Waals surface area contributed by atoms with Gasteiger partial charge in [-0.1, -0.05) is 37.8 Å². The Morgan fingerprint density at radius 2 is 2.00 bits per heavy atom. The van der Waals surface area contributed by atoms with Gasteiger partial charge in [0, 0.05) is 11.9 Å². The number of benzene rings is 1. The van der Waals surface area contributed by atoms with Crippen LogP contribution in [0.5, 0.6) is 0 Å². The number of aryl methyl sites for hydroxylation is 2. The number of hydrogen-bond acceptors (Lipinski definition) is 5. The third-order valence-corrected chi connectivity index (χ3v) is 6.60. The lowest BCUT2D eigenvalue weighted by molar-refractivity contribution is 1.06. The molecule has 4 aromatic rings. The number of nitrogens with one attached hydrogen (secondary N) is 2. The molecule has 0 spiro atoms. The number of aliphatic imine (C=N–C) groups is 1. The van der Waals surface area contributed by atoms with E-state index in [1.54, 1.807) is 11.3 Å². The average molecular weight is 471 g/mol. The summed E-state index contributed by atoms with van der Waals surface area (Å²) in [4.78, 5) is 10.6. The van der Waals surface area contributed by atoms with E-state index in [9.17, 15) is 0 Å². The quantitative estimate of drug-likeness (QED) is 0.161. The first-order chi connectivity index (χ1) is 16.4. The Bertz CT molecular complexity index is 1410. The molecule has 34 heavy (non-hydrogen) atoms. The van der Waals surface area contributed by atoms with Crippen LogP contribution < -0.4 is 16.4 Å². The largest absolute Gasteiger partial charge is 0.397 e. The molecular weight excluding hydrogens is 440 g/mol. The van der Waals surface area contributed by atoms with Crippen molar-refractivity contribution >= 4 is 50.6 Å². The number of allylic oxidation sites excluding steroid dienone is 1. The van der Waals surface area contributed by atoms with Crippen LogP contribution in [0.3, 0.4) is 0 Å². The third kappa shape index (κ3) is 4.75. The van der Waals surface area contributed by atoms with Crippen LogP contribution in [-0.4, -0.2) is 15.2 Å². The van der Waals surface area contributed by atoms with Crippen LogP contribution in [0.2, 0.25) is 0 Å². The molecule has 0 saturated carbocycles. The van der Waals surface area contributed by atoms with Crippen LogP contribution in [0.25, 0.3) is 17.0 Å². The van der Waals surface area contributed by atoms with Crippen LogP contribution >= 0.6 is 11.3 Å². The van der Waals surface area contributed by atoms with Gasteiger partial charge in [0.1, 0.15) is 16.5 Å². The topological polar surface area (TPSA) is 79.7 Å². The second kappa shape index (κ2) is 9.97. The van der Waals surface area contributed by atoms with Gasteiger partial charge in [0.2, 0.25) is 0 Å². The van der Waals surface area contributed by atoms with Crippen molar-refractivity contribution in [3.63, 3.8) is 0 Å². The highest BCUT2D eigenvalue weighted by Crippen LogP contribution is 2.31. The highest BCUT2D eigenvalue weighted by molar-refractivity contribution is 7.16. The fourth-order valence-corrected chi connectivity index (χ4v) is 4.73. The summed E-state index contributed by atoms with van der Waals surface area (Å²) in [5, 5.41) is 7.66. The van der Waals surface area contributed by atoms with Crippen LogP contribution in [0.1, 0.15) is 42.6 Å². The zero-order chi connectivity index (χ0) is 24.2. The van der Waals surface area contributed by atoms with Gasteiger partial charge in [-0.2, -0.15) is 0 Å². The number of nitrogens with zero attached hydrogens (tertiary/aromatic N) is 3. The fourth-order valence-electron chi connectivity index (χ4n) is 3.88. The maximum Gasteiger partial charge on any atom is 0.140 e. The van der Waals surface area contributed by atoms with Gasteiger partial charge >= 0.3 is 0 Å². The number of imidazole rings is 1. The fraction of sp³-hybridized carbons (Fsp3) is 0.185. The molecule has 0 aliphatic rings. The summed E-state index contributed by atoms with van der Waals surface area (Å²) in [6, 6.07) is 15.9. The molecule has 0 unspecified atom stereocenters. The van der Waals surface area contributed by atoms with Gasteiger partial charge in [0.25, 0.3) is 0 Å². The zero-order valence-corrected chi connectivity index (χ0v) is 20.8. The van der Waals surface area contributed by atoms with Gasteiger partial charge in [-0.15, -0.1) is 11.3 Å². The molecule has 0 atom stereocenters. The highest BCUT2D eigenvalue weighted by atomic mass is 32.1. The monoisotopic (exact) mass is 470 g/mol. The lowest BCUT2D eigenvalue weighted by Crippen LogP contribution is -2.19. The summed E-state index contributed by atoms with van der Waals surface area (Å²) < 4.78 is 2.15. The van der Waals surface area contributed by atoms with Crippen molar-refractivity contribution in [2.75, 3.05) is 11.1 Å². The number of nitrogens with two attached hydrogens (primary N) is 1. The number of anilines is 2. The van der Waals surface area contributed by atoms with E-state index in [0.717, 1.165) is 56.3 Å². The summed E-state index contributed by atoms with van der Waals surface area (Å²) in [6.07, 6.45) is 5.06. The SMILES string of the molecule is C=C(Nc1ccccc1N)c1ccc(/N=C(/C)N/C(=C\C)c2c(C)nc3c(CC)cccn23)s1. The lowest BCUT2D eigenvalue weighted by atomic mass is 10.2. The molecule has 0 fully saturated rings. The first-order valence-electron chi connectivity index (χ1n) is 11.3. The minimum Gasteiger partial charge on any atom is -0.397 e. The normalized spacial score (nSPS) is 12.2. The van der Waals surface area contributed by atoms with Gasteiger partial charge in [-0.25, -0.2) is 9.98 Å². The molecule has 0 aliphatic heterocycles. The Morgan fingerprint density at radius 1 is 1.21 bits per heavy atom. The number of pyridine rings is 1. The third-order valence-electron chi connectivity index (χ3n) is 5.56. The maximum atomic E-state index is 6.04. The van der Waals surface area contributed by atoms with Gasteiger partial charge in [-0.05, 0) is 63.1 Å². The number of amidine groups is 1. The van der Waals surface area contributed by atoms with E-state index in [-0.39, 0.29) is 0 Å². The van der Waals surface area contributed by atoms with Gasteiger partial charge in [0.15, 0.2) is 0 Å². The molecule has 3 heterocycles. The van der Waals surface area contributed by atoms with Crippen molar-refractivity contribution in [1.82, 2.24) is 14.7 Å². The molecule has 0 radical (unpaired) electrons. The standard InChI is InChI=1S/C27H30N6S/c1-6-20-11-10-16-33-26(18(4)30-27(20)33)22(7-2)31-19(5)32-25-15-14-24(34-25)17(3)29-23-13-9-8-12-21(23)28/h7-16,29H,3,6,28H2,1-2,4-5H3,(H,31,32)/b22-7-. The van der Waals surface area contributed by atoms with Crippen LogP contribution in [0.15, 0.2) is 72.4 Å². The van der Waals surface area contributed by atoms with Crippen molar-refractivity contribution < 1.29 is 0 Å². The molecule has 0 aliphatic carbocycles. The van der Waals surface area contributed by atoms with Gasteiger partial charge in [-0.3, -0.25) is 4.40 Å². The van der Waals surface area contributed by atoms with E-state index in [2.05, 4.69) is 52.9 Å². The van der Waals surface area contributed by atoms with E-state index in [4.69, 9.17) is 15.7 Å². The van der Waals surface area contributed by atoms with E-state index >= 15 is 0 Å². The molecule has 6 nitrogen and oxygen atoms in total. The molecule has 1 aromatic carbocycles. The summed E-state index contributed by atoms with van der Waals surface area (Å²) in [5.74, 6) is 0.799. The van der Waals surface area contributed by atoms with E-state index in [1.807, 2.05) is 57.2 Å².